The van der Waals surface area contributed by atoms with Crippen molar-refractivity contribution < 1.29 is 0 Å². The van der Waals surface area contributed by atoms with Crippen LogP contribution in [0.1, 0.15) is 0 Å². The minimum absolute atomic E-state index is 0.176. The molecule has 0 aromatic heterocycles. The maximum atomic E-state index is 8.14. The fourth-order valence-electron chi connectivity index (χ4n) is 0.177. The third kappa shape index (κ3) is 4.98. The molecule has 9 heavy (non-hydrogen) atoms. The smallest absolute Gasteiger partial charge is 0.133 e. The van der Waals surface area contributed by atoms with E-state index in [4.69, 9.17) is 5.26 Å². The van der Waals surface area contributed by atoms with Gasteiger partial charge in [0.2, 0.25) is 0 Å². The maximum Gasteiger partial charge on any atom is 0.133 e. The van der Waals surface area contributed by atoms with Gasteiger partial charge in [-0.3, -0.25) is 0 Å². The van der Waals surface area contributed by atoms with Crippen molar-refractivity contribution in [1.82, 2.24) is 0 Å². The summed E-state index contributed by atoms with van der Waals surface area (Å²) in [7, 11) is 0. The molecule has 0 aliphatic heterocycles. The van der Waals surface area contributed by atoms with E-state index in [0.717, 1.165) is 0 Å². The van der Waals surface area contributed by atoms with Gasteiger partial charge in [-0.25, -0.2) is 4.99 Å². The Labute approximate surface area is 62.3 Å². The van der Waals surface area contributed by atoms with Crippen LogP contribution in [-0.2, 0) is 0 Å². The van der Waals surface area contributed by atoms with Crippen LogP contribution < -0.4 is 0 Å². The first-order valence-electron chi connectivity index (χ1n) is 2.14. The summed E-state index contributed by atoms with van der Waals surface area (Å²) >= 11 is 3.04. The standard InChI is InChI=1S/C6H5BrN2/c1-5(7)4-9-6(2)3-8/h4H,1-2H2. The molecule has 2 nitrogen and oxygen atoms in total. The molecular formula is C6H5BrN2. The second-order valence-electron chi connectivity index (χ2n) is 1.26. The van der Waals surface area contributed by atoms with E-state index in [2.05, 4.69) is 34.1 Å². The van der Waals surface area contributed by atoms with Gasteiger partial charge in [0.25, 0.3) is 0 Å². The van der Waals surface area contributed by atoms with Crippen LogP contribution in [0.3, 0.4) is 0 Å². The van der Waals surface area contributed by atoms with Crippen molar-refractivity contribution in [2.45, 2.75) is 0 Å². The molecule has 0 aromatic rings. The third-order valence-electron chi connectivity index (χ3n) is 0.490. The first-order chi connectivity index (χ1) is 4.16. The van der Waals surface area contributed by atoms with Crippen LogP contribution in [0.25, 0.3) is 0 Å². The minimum Gasteiger partial charge on any atom is -0.245 e. The summed E-state index contributed by atoms with van der Waals surface area (Å²) in [4.78, 5) is 3.62. The van der Waals surface area contributed by atoms with Gasteiger partial charge in [-0.1, -0.05) is 13.2 Å². The molecule has 0 fully saturated rings. The highest BCUT2D eigenvalue weighted by atomic mass is 79.9. The summed E-state index contributed by atoms with van der Waals surface area (Å²) in [6, 6.07) is 1.77. The van der Waals surface area contributed by atoms with Gasteiger partial charge in [-0.05, 0) is 15.9 Å². The molecule has 0 radical (unpaired) electrons. The lowest BCUT2D eigenvalue weighted by atomic mass is 10.5. The zero-order chi connectivity index (χ0) is 7.28. The number of nitriles is 1. The summed E-state index contributed by atoms with van der Waals surface area (Å²) in [6.07, 6.45) is 1.42. The van der Waals surface area contributed by atoms with Gasteiger partial charge in [-0.15, -0.1) is 0 Å². The van der Waals surface area contributed by atoms with Crippen molar-refractivity contribution in [3.05, 3.63) is 23.3 Å². The topological polar surface area (TPSA) is 36.1 Å². The maximum absolute atomic E-state index is 8.14. The molecule has 46 valence electrons. The van der Waals surface area contributed by atoms with Crippen LogP contribution in [0.4, 0.5) is 0 Å². The molecule has 0 unspecified atom stereocenters. The molecule has 0 N–H and O–H groups in total. The fourth-order valence-corrected chi connectivity index (χ4v) is 0.279. The molecule has 0 aliphatic carbocycles. The summed E-state index contributed by atoms with van der Waals surface area (Å²) in [5.74, 6) is 0. The quantitative estimate of drug-likeness (QED) is 0.478. The molecule has 0 atom stereocenters. The Balaban J connectivity index is 3.90. The monoisotopic (exact) mass is 184 g/mol. The van der Waals surface area contributed by atoms with E-state index in [9.17, 15) is 0 Å². The van der Waals surface area contributed by atoms with Crippen molar-refractivity contribution in [3.63, 3.8) is 0 Å². The molecule has 0 aromatic carbocycles. The Morgan fingerprint density at radius 3 is 2.56 bits per heavy atom. The average molecular weight is 185 g/mol. The van der Waals surface area contributed by atoms with Crippen LogP contribution >= 0.6 is 15.9 Å². The van der Waals surface area contributed by atoms with Crippen molar-refractivity contribution in [2.75, 3.05) is 0 Å². The van der Waals surface area contributed by atoms with E-state index in [0.29, 0.717) is 4.48 Å². The van der Waals surface area contributed by atoms with Gasteiger partial charge >= 0.3 is 0 Å². The third-order valence-corrected chi connectivity index (χ3v) is 0.694. The molecule has 0 saturated heterocycles. The zero-order valence-electron chi connectivity index (χ0n) is 4.76. The van der Waals surface area contributed by atoms with E-state index in [1.807, 2.05) is 0 Å². The van der Waals surface area contributed by atoms with E-state index >= 15 is 0 Å². The Bertz CT molecular complexity index is 198. The number of hydrogen-bond donors (Lipinski definition) is 0. The largest absolute Gasteiger partial charge is 0.245 e. The molecule has 0 heterocycles. The molecule has 0 amide bonds. The minimum atomic E-state index is 0.176. The van der Waals surface area contributed by atoms with Gasteiger partial charge in [0.15, 0.2) is 0 Å². The highest BCUT2D eigenvalue weighted by Crippen LogP contribution is 1.97. The lowest BCUT2D eigenvalue weighted by Crippen LogP contribution is -1.71. The number of aliphatic imine (C=N–C) groups is 1. The van der Waals surface area contributed by atoms with E-state index in [-0.39, 0.29) is 5.70 Å². The van der Waals surface area contributed by atoms with Crippen molar-refractivity contribution in [2.24, 2.45) is 4.99 Å². The summed E-state index contributed by atoms with van der Waals surface area (Å²) in [5, 5.41) is 8.14. The molecule has 3 heteroatoms. The van der Waals surface area contributed by atoms with Crippen LogP contribution in [0, 0.1) is 11.3 Å². The Morgan fingerprint density at radius 2 is 2.22 bits per heavy atom. The normalized spacial score (nSPS) is 8.89. The van der Waals surface area contributed by atoms with Crippen LogP contribution in [0.2, 0.25) is 0 Å². The molecule has 0 saturated carbocycles. The van der Waals surface area contributed by atoms with Gasteiger partial charge in [0, 0.05) is 10.7 Å². The van der Waals surface area contributed by atoms with Gasteiger partial charge in [0.1, 0.15) is 11.8 Å². The molecule has 0 spiro atoms. The molecule has 0 aliphatic rings. The second kappa shape index (κ2) is 4.04. The van der Waals surface area contributed by atoms with E-state index in [1.54, 1.807) is 6.07 Å². The predicted molar refractivity (Wildman–Crippen MR) is 41.3 cm³/mol. The highest BCUT2D eigenvalue weighted by Gasteiger charge is 1.80. The first kappa shape index (κ1) is 8.12. The van der Waals surface area contributed by atoms with E-state index < -0.39 is 0 Å². The van der Waals surface area contributed by atoms with Crippen LogP contribution in [0.15, 0.2) is 28.3 Å². The first-order valence-corrected chi connectivity index (χ1v) is 2.93. The Hall–Kier alpha value is -0.880. The van der Waals surface area contributed by atoms with Gasteiger partial charge < -0.3 is 0 Å². The average Bonchev–Trinajstić information content (AvgIpc) is 1.83. The van der Waals surface area contributed by atoms with E-state index in [1.165, 1.54) is 6.21 Å². The van der Waals surface area contributed by atoms with Gasteiger partial charge in [-0.2, -0.15) is 5.26 Å². The zero-order valence-corrected chi connectivity index (χ0v) is 6.35. The Morgan fingerprint density at radius 1 is 1.67 bits per heavy atom. The lowest BCUT2D eigenvalue weighted by Gasteiger charge is -1.80. The van der Waals surface area contributed by atoms with Crippen molar-refractivity contribution >= 4 is 22.1 Å². The molecule has 0 bridgehead atoms. The lowest BCUT2D eigenvalue weighted by molar-refractivity contribution is 1.41. The van der Waals surface area contributed by atoms with Crippen molar-refractivity contribution in [3.8, 4) is 6.07 Å². The van der Waals surface area contributed by atoms with Crippen LogP contribution in [-0.4, -0.2) is 6.21 Å². The number of rotatable bonds is 2. The van der Waals surface area contributed by atoms with Crippen LogP contribution in [0.5, 0.6) is 0 Å². The number of nitrogens with zero attached hydrogens (tertiary/aromatic N) is 2. The summed E-state index contributed by atoms with van der Waals surface area (Å²) in [6.45, 7) is 6.80. The highest BCUT2D eigenvalue weighted by molar-refractivity contribution is 9.12. The number of halogens is 1. The van der Waals surface area contributed by atoms with Crippen molar-refractivity contribution in [1.29, 1.82) is 5.26 Å². The second-order valence-corrected chi connectivity index (χ2v) is 2.28. The number of allylic oxidation sites excluding steroid dienone is 2. The SMILES string of the molecule is C=C(Br)C=NC(=C)C#N. The summed E-state index contributed by atoms with van der Waals surface area (Å²) in [5.41, 5.74) is 0.176. The number of hydrogen-bond acceptors (Lipinski definition) is 2. The van der Waals surface area contributed by atoms with Gasteiger partial charge in [0.05, 0.1) is 0 Å². The predicted octanol–water partition coefficient (Wildman–Crippen LogP) is 2.00. The Kier molecular flexibility index (Phi) is 3.65. The molecule has 0 rings (SSSR count). The summed E-state index contributed by atoms with van der Waals surface area (Å²) < 4.78 is 0.624. The molecular weight excluding hydrogens is 180 g/mol. The fraction of sp³-hybridized carbons (Fsp3) is 0.